The van der Waals surface area contributed by atoms with Crippen molar-refractivity contribution in [1.29, 1.82) is 0 Å². The Hall–Kier alpha value is -1.60. The van der Waals surface area contributed by atoms with E-state index in [1.54, 1.807) is 5.56 Å². The fraction of sp³-hybridized carbons (Fsp3) is 0.400. The van der Waals surface area contributed by atoms with E-state index in [1.165, 1.54) is 37.9 Å². The van der Waals surface area contributed by atoms with Crippen LogP contribution in [0.3, 0.4) is 0 Å². The zero-order valence-corrected chi connectivity index (χ0v) is 12.5. The van der Waals surface area contributed by atoms with Gasteiger partial charge in [-0.25, -0.2) is 0 Å². The second-order valence-electron chi connectivity index (χ2n) is 6.81. The lowest BCUT2D eigenvalue weighted by Crippen LogP contribution is -2.40. The number of hydrogen-bond donors (Lipinski definition) is 0. The maximum absolute atomic E-state index is 2.66. The summed E-state index contributed by atoms with van der Waals surface area (Å²) in [6.45, 7) is 3.66. The summed E-state index contributed by atoms with van der Waals surface area (Å²) in [4.78, 5) is 2.66. The molecule has 2 unspecified atom stereocenters. The van der Waals surface area contributed by atoms with E-state index < -0.39 is 0 Å². The molecule has 2 aromatic rings. The highest BCUT2D eigenvalue weighted by Crippen LogP contribution is 2.57. The third kappa shape index (κ3) is 2.40. The molecule has 0 radical (unpaired) electrons. The van der Waals surface area contributed by atoms with Crippen molar-refractivity contribution in [2.24, 2.45) is 5.41 Å². The first kappa shape index (κ1) is 13.1. The molecule has 21 heavy (non-hydrogen) atoms. The first-order valence-corrected chi connectivity index (χ1v) is 8.17. The lowest BCUT2D eigenvalue weighted by Gasteiger charge is -2.48. The van der Waals surface area contributed by atoms with E-state index in [2.05, 4.69) is 65.6 Å². The number of rotatable bonds is 3. The van der Waals surface area contributed by atoms with Crippen LogP contribution in [0.25, 0.3) is 0 Å². The van der Waals surface area contributed by atoms with Crippen molar-refractivity contribution in [3.8, 4) is 0 Å². The number of nitrogens with zero attached hydrogens (tertiary/aromatic N) is 1. The predicted octanol–water partition coefficient (Wildman–Crippen LogP) is 4.46. The molecule has 1 saturated heterocycles. The van der Waals surface area contributed by atoms with Crippen LogP contribution >= 0.6 is 0 Å². The van der Waals surface area contributed by atoms with Gasteiger partial charge in [-0.2, -0.15) is 0 Å². The summed E-state index contributed by atoms with van der Waals surface area (Å²) in [7, 11) is 0. The van der Waals surface area contributed by atoms with E-state index in [-0.39, 0.29) is 0 Å². The van der Waals surface area contributed by atoms with Gasteiger partial charge in [-0.3, -0.25) is 4.90 Å². The molecule has 2 fully saturated rings. The first-order chi connectivity index (χ1) is 10.4. The van der Waals surface area contributed by atoms with Crippen LogP contribution in [0.15, 0.2) is 60.7 Å². The highest BCUT2D eigenvalue weighted by atomic mass is 15.2. The monoisotopic (exact) mass is 277 g/mol. The van der Waals surface area contributed by atoms with E-state index in [4.69, 9.17) is 0 Å². The molecule has 0 N–H and O–H groups in total. The summed E-state index contributed by atoms with van der Waals surface area (Å²) >= 11 is 0. The molecule has 2 aliphatic rings. The molecule has 2 aromatic carbocycles. The van der Waals surface area contributed by atoms with Gasteiger partial charge < -0.3 is 0 Å². The standard InChI is InChI=1S/C20H23N/c1-3-7-17(8-4-1)15-21-14-13-20(16-21)12-11-19(20)18-9-5-2-6-10-18/h1-10,19H,11-16H2. The van der Waals surface area contributed by atoms with Gasteiger partial charge >= 0.3 is 0 Å². The van der Waals surface area contributed by atoms with Crippen molar-refractivity contribution in [3.63, 3.8) is 0 Å². The predicted molar refractivity (Wildman–Crippen MR) is 87.2 cm³/mol. The van der Waals surface area contributed by atoms with Gasteiger partial charge in [0, 0.05) is 13.1 Å². The number of likely N-dealkylation sites (tertiary alicyclic amines) is 1. The molecule has 108 valence electrons. The molecule has 1 spiro atoms. The van der Waals surface area contributed by atoms with Gasteiger partial charge in [-0.1, -0.05) is 60.7 Å². The van der Waals surface area contributed by atoms with Gasteiger partial charge in [0.05, 0.1) is 0 Å². The Labute approximate surface area is 127 Å². The van der Waals surface area contributed by atoms with E-state index in [1.807, 2.05) is 0 Å². The Morgan fingerprint density at radius 1 is 0.905 bits per heavy atom. The van der Waals surface area contributed by atoms with Gasteiger partial charge in [-0.05, 0) is 48.3 Å². The minimum absolute atomic E-state index is 0.566. The van der Waals surface area contributed by atoms with Crippen molar-refractivity contribution in [3.05, 3.63) is 71.8 Å². The average Bonchev–Trinajstić information content (AvgIpc) is 2.95. The van der Waals surface area contributed by atoms with Crippen molar-refractivity contribution in [2.75, 3.05) is 13.1 Å². The average molecular weight is 277 g/mol. The maximum Gasteiger partial charge on any atom is 0.0233 e. The fourth-order valence-electron chi connectivity index (χ4n) is 4.35. The number of hydrogen-bond acceptors (Lipinski definition) is 1. The van der Waals surface area contributed by atoms with Crippen LogP contribution in [0.1, 0.15) is 36.3 Å². The number of benzene rings is 2. The smallest absolute Gasteiger partial charge is 0.0233 e. The van der Waals surface area contributed by atoms with E-state index >= 15 is 0 Å². The Bertz CT molecular complexity index is 592. The Kier molecular flexibility index (Phi) is 3.31. The highest BCUT2D eigenvalue weighted by Gasteiger charge is 2.50. The van der Waals surface area contributed by atoms with Gasteiger partial charge in [0.1, 0.15) is 0 Å². The molecule has 1 nitrogen and oxygen atoms in total. The van der Waals surface area contributed by atoms with E-state index in [0.717, 1.165) is 12.5 Å². The molecule has 0 bridgehead atoms. The van der Waals surface area contributed by atoms with Gasteiger partial charge in [-0.15, -0.1) is 0 Å². The third-order valence-corrected chi connectivity index (χ3v) is 5.59. The molecular weight excluding hydrogens is 254 g/mol. The summed E-state index contributed by atoms with van der Waals surface area (Å²) in [5, 5.41) is 0. The van der Waals surface area contributed by atoms with E-state index in [9.17, 15) is 0 Å². The Morgan fingerprint density at radius 3 is 2.29 bits per heavy atom. The summed E-state index contributed by atoms with van der Waals surface area (Å²) in [5.74, 6) is 0.791. The summed E-state index contributed by atoms with van der Waals surface area (Å²) in [6, 6.07) is 22.1. The van der Waals surface area contributed by atoms with Crippen LogP contribution in [0.2, 0.25) is 0 Å². The van der Waals surface area contributed by atoms with Gasteiger partial charge in [0.15, 0.2) is 0 Å². The maximum atomic E-state index is 2.66. The van der Waals surface area contributed by atoms with E-state index in [0.29, 0.717) is 5.41 Å². The fourth-order valence-corrected chi connectivity index (χ4v) is 4.35. The van der Waals surface area contributed by atoms with Crippen LogP contribution in [-0.4, -0.2) is 18.0 Å². The quantitative estimate of drug-likeness (QED) is 0.801. The van der Waals surface area contributed by atoms with Crippen LogP contribution < -0.4 is 0 Å². The van der Waals surface area contributed by atoms with Crippen molar-refractivity contribution >= 4 is 0 Å². The summed E-state index contributed by atoms with van der Waals surface area (Å²) in [6.07, 6.45) is 4.17. The summed E-state index contributed by atoms with van der Waals surface area (Å²) in [5.41, 5.74) is 3.58. The largest absolute Gasteiger partial charge is 0.298 e. The molecule has 1 saturated carbocycles. The van der Waals surface area contributed by atoms with Crippen molar-refractivity contribution in [1.82, 2.24) is 4.90 Å². The Balaban J connectivity index is 1.46. The summed E-state index contributed by atoms with van der Waals surface area (Å²) < 4.78 is 0. The molecule has 1 aliphatic heterocycles. The SMILES string of the molecule is c1ccc(CN2CCC3(CCC3c3ccccc3)C2)cc1. The Morgan fingerprint density at radius 2 is 1.62 bits per heavy atom. The molecule has 1 heterocycles. The zero-order chi connectivity index (χ0) is 14.1. The lowest BCUT2D eigenvalue weighted by atomic mass is 9.57. The zero-order valence-electron chi connectivity index (χ0n) is 12.5. The van der Waals surface area contributed by atoms with Gasteiger partial charge in [0.25, 0.3) is 0 Å². The second-order valence-corrected chi connectivity index (χ2v) is 6.81. The topological polar surface area (TPSA) is 3.24 Å². The second kappa shape index (κ2) is 5.31. The van der Waals surface area contributed by atoms with Crippen LogP contribution in [0, 0.1) is 5.41 Å². The molecule has 4 rings (SSSR count). The van der Waals surface area contributed by atoms with Crippen molar-refractivity contribution in [2.45, 2.75) is 31.7 Å². The molecule has 0 amide bonds. The van der Waals surface area contributed by atoms with Crippen molar-refractivity contribution < 1.29 is 0 Å². The van der Waals surface area contributed by atoms with Crippen LogP contribution in [0.5, 0.6) is 0 Å². The molecule has 1 heteroatoms. The van der Waals surface area contributed by atoms with Crippen LogP contribution in [0.4, 0.5) is 0 Å². The van der Waals surface area contributed by atoms with Crippen LogP contribution in [-0.2, 0) is 6.54 Å². The first-order valence-electron chi connectivity index (χ1n) is 8.17. The third-order valence-electron chi connectivity index (χ3n) is 5.59. The molecule has 1 aliphatic carbocycles. The molecular formula is C20H23N. The lowest BCUT2D eigenvalue weighted by molar-refractivity contribution is 0.0959. The molecule has 2 atom stereocenters. The minimum Gasteiger partial charge on any atom is -0.298 e. The minimum atomic E-state index is 0.566. The molecule has 0 aromatic heterocycles. The normalized spacial score (nSPS) is 28.7. The highest BCUT2D eigenvalue weighted by molar-refractivity contribution is 5.27. The van der Waals surface area contributed by atoms with Gasteiger partial charge in [0.2, 0.25) is 0 Å².